The van der Waals surface area contributed by atoms with Crippen LogP contribution in [0, 0.1) is 20.8 Å². The number of rotatable bonds is 6. The molecule has 4 aromatic rings. The Bertz CT molecular complexity index is 1460. The SMILES string of the molecule is Cc1ccccc1-n1nc(C)c(CN(C)C(=O)c2cccc(NC(=O)C3Cc4ccccc4O3)c2)c1C. The number of anilines is 1. The first kappa shape index (κ1) is 24.3. The minimum Gasteiger partial charge on any atom is -0.480 e. The Hall–Kier alpha value is -4.39. The van der Waals surface area contributed by atoms with Crippen LogP contribution in [-0.4, -0.2) is 39.6 Å². The first-order valence-corrected chi connectivity index (χ1v) is 12.3. The maximum Gasteiger partial charge on any atom is 0.265 e. The van der Waals surface area contributed by atoms with Gasteiger partial charge in [0, 0.05) is 42.5 Å². The monoisotopic (exact) mass is 494 g/mol. The van der Waals surface area contributed by atoms with Crippen LogP contribution in [0.15, 0.2) is 72.8 Å². The summed E-state index contributed by atoms with van der Waals surface area (Å²) in [7, 11) is 1.78. The lowest BCUT2D eigenvalue weighted by Crippen LogP contribution is -2.31. The first-order chi connectivity index (χ1) is 17.8. The molecule has 7 nitrogen and oxygen atoms in total. The molecule has 0 saturated heterocycles. The summed E-state index contributed by atoms with van der Waals surface area (Å²) >= 11 is 0. The fourth-order valence-corrected chi connectivity index (χ4v) is 4.75. The van der Waals surface area contributed by atoms with Crippen molar-refractivity contribution in [3.63, 3.8) is 0 Å². The maximum atomic E-state index is 13.3. The van der Waals surface area contributed by atoms with Crippen molar-refractivity contribution < 1.29 is 14.3 Å². The van der Waals surface area contributed by atoms with E-state index in [4.69, 9.17) is 9.84 Å². The van der Waals surface area contributed by atoms with Crippen molar-refractivity contribution >= 4 is 17.5 Å². The highest BCUT2D eigenvalue weighted by Gasteiger charge is 2.29. The molecule has 1 atom stereocenters. The number of fused-ring (bicyclic) bond motifs is 1. The molecule has 2 amide bonds. The zero-order valence-electron chi connectivity index (χ0n) is 21.5. The van der Waals surface area contributed by atoms with Gasteiger partial charge in [-0.2, -0.15) is 5.10 Å². The molecule has 1 aliphatic heterocycles. The summed E-state index contributed by atoms with van der Waals surface area (Å²) < 4.78 is 7.73. The Morgan fingerprint density at radius 3 is 2.57 bits per heavy atom. The van der Waals surface area contributed by atoms with Gasteiger partial charge in [0.15, 0.2) is 6.10 Å². The van der Waals surface area contributed by atoms with Crippen LogP contribution in [-0.2, 0) is 17.8 Å². The van der Waals surface area contributed by atoms with Crippen LogP contribution in [0.2, 0.25) is 0 Å². The zero-order chi connectivity index (χ0) is 26.1. The quantitative estimate of drug-likeness (QED) is 0.409. The van der Waals surface area contributed by atoms with Crippen LogP contribution < -0.4 is 10.1 Å². The topological polar surface area (TPSA) is 76.5 Å². The molecule has 0 spiro atoms. The summed E-state index contributed by atoms with van der Waals surface area (Å²) in [6.07, 6.45) is -0.0618. The van der Waals surface area contributed by atoms with E-state index in [2.05, 4.69) is 18.3 Å². The van der Waals surface area contributed by atoms with Crippen LogP contribution in [0.4, 0.5) is 5.69 Å². The first-order valence-electron chi connectivity index (χ1n) is 12.3. The number of carbonyl (C=O) groups is 2. The van der Waals surface area contributed by atoms with Crippen molar-refractivity contribution in [2.75, 3.05) is 12.4 Å². The molecular formula is C30H30N4O3. The van der Waals surface area contributed by atoms with E-state index in [-0.39, 0.29) is 11.8 Å². The predicted octanol–water partition coefficient (Wildman–Crippen LogP) is 5.01. The standard InChI is InChI=1S/C30H30N4O3/c1-19-10-5-7-14-26(19)34-21(3)25(20(2)32-34)18-33(4)30(36)23-12-9-13-24(16-23)31-29(35)28-17-22-11-6-8-15-27(22)37-28/h5-16,28H,17-18H2,1-4H3,(H,31,35). The normalized spacial score (nSPS) is 14.1. The summed E-state index contributed by atoms with van der Waals surface area (Å²) in [6, 6.07) is 22.8. The number of ether oxygens (including phenoxy) is 1. The summed E-state index contributed by atoms with van der Waals surface area (Å²) in [5.41, 5.74) is 7.15. The fourth-order valence-electron chi connectivity index (χ4n) is 4.75. The minimum atomic E-state index is -0.588. The Kier molecular flexibility index (Phi) is 6.53. The van der Waals surface area contributed by atoms with Gasteiger partial charge in [-0.25, -0.2) is 4.68 Å². The van der Waals surface area contributed by atoms with Gasteiger partial charge in [0.05, 0.1) is 11.4 Å². The highest BCUT2D eigenvalue weighted by atomic mass is 16.5. The van der Waals surface area contributed by atoms with E-state index in [0.717, 1.165) is 39.5 Å². The predicted molar refractivity (Wildman–Crippen MR) is 143 cm³/mol. The van der Waals surface area contributed by atoms with Gasteiger partial charge in [-0.3, -0.25) is 9.59 Å². The van der Waals surface area contributed by atoms with Gasteiger partial charge in [0.1, 0.15) is 5.75 Å². The third kappa shape index (κ3) is 4.85. The van der Waals surface area contributed by atoms with E-state index in [1.54, 1.807) is 36.2 Å². The number of hydrogen-bond donors (Lipinski definition) is 1. The third-order valence-electron chi connectivity index (χ3n) is 6.84. The van der Waals surface area contributed by atoms with Crippen molar-refractivity contribution in [3.05, 3.63) is 106 Å². The van der Waals surface area contributed by atoms with Gasteiger partial charge >= 0.3 is 0 Å². The molecule has 188 valence electrons. The zero-order valence-corrected chi connectivity index (χ0v) is 21.5. The van der Waals surface area contributed by atoms with Gasteiger partial charge in [-0.1, -0.05) is 42.5 Å². The minimum absolute atomic E-state index is 0.136. The van der Waals surface area contributed by atoms with Crippen molar-refractivity contribution in [1.82, 2.24) is 14.7 Å². The number of aryl methyl sites for hydroxylation is 2. The fraction of sp³-hybridized carbons (Fsp3) is 0.233. The lowest BCUT2D eigenvalue weighted by molar-refractivity contribution is -0.122. The third-order valence-corrected chi connectivity index (χ3v) is 6.84. The van der Waals surface area contributed by atoms with Crippen molar-refractivity contribution in [2.45, 2.75) is 39.8 Å². The number of para-hydroxylation sites is 2. The summed E-state index contributed by atoms with van der Waals surface area (Å²) in [6.45, 7) is 6.48. The number of benzene rings is 3. The van der Waals surface area contributed by atoms with Crippen LogP contribution in [0.5, 0.6) is 5.75 Å². The molecule has 3 aromatic carbocycles. The Morgan fingerprint density at radius 1 is 1.03 bits per heavy atom. The molecule has 1 unspecified atom stereocenters. The van der Waals surface area contributed by atoms with Crippen molar-refractivity contribution in [2.24, 2.45) is 0 Å². The van der Waals surface area contributed by atoms with Crippen LogP contribution in [0.1, 0.15) is 38.4 Å². The van der Waals surface area contributed by atoms with Crippen LogP contribution in [0.3, 0.4) is 0 Å². The van der Waals surface area contributed by atoms with Crippen molar-refractivity contribution in [3.8, 4) is 11.4 Å². The van der Waals surface area contributed by atoms with E-state index in [1.165, 1.54) is 0 Å². The van der Waals surface area contributed by atoms with Gasteiger partial charge in [0.25, 0.3) is 11.8 Å². The molecule has 0 bridgehead atoms. The summed E-state index contributed by atoms with van der Waals surface area (Å²) in [5, 5.41) is 7.64. The molecule has 0 saturated carbocycles. The Morgan fingerprint density at radius 2 is 1.78 bits per heavy atom. The highest BCUT2D eigenvalue weighted by Crippen LogP contribution is 2.29. The van der Waals surface area contributed by atoms with Crippen LogP contribution in [0.25, 0.3) is 5.69 Å². The Labute approximate surface area is 216 Å². The maximum absolute atomic E-state index is 13.3. The largest absolute Gasteiger partial charge is 0.480 e. The van der Waals surface area contributed by atoms with Gasteiger partial charge in [0.2, 0.25) is 0 Å². The molecular weight excluding hydrogens is 464 g/mol. The van der Waals surface area contributed by atoms with E-state index in [0.29, 0.717) is 24.2 Å². The highest BCUT2D eigenvalue weighted by molar-refractivity contribution is 5.98. The molecule has 0 fully saturated rings. The van der Waals surface area contributed by atoms with Crippen LogP contribution >= 0.6 is 0 Å². The van der Waals surface area contributed by atoms with E-state index >= 15 is 0 Å². The number of amides is 2. The Balaban J connectivity index is 1.28. The smallest absolute Gasteiger partial charge is 0.265 e. The molecule has 2 heterocycles. The van der Waals surface area contributed by atoms with E-state index in [1.807, 2.05) is 61.0 Å². The molecule has 1 aromatic heterocycles. The molecule has 0 aliphatic carbocycles. The van der Waals surface area contributed by atoms with Gasteiger partial charge in [-0.05, 0) is 62.2 Å². The number of aromatic nitrogens is 2. The number of carbonyl (C=O) groups excluding carboxylic acids is 2. The average Bonchev–Trinajstić information content (AvgIpc) is 3.45. The molecule has 5 rings (SSSR count). The molecule has 0 radical (unpaired) electrons. The van der Waals surface area contributed by atoms with Crippen molar-refractivity contribution in [1.29, 1.82) is 0 Å². The van der Waals surface area contributed by atoms with E-state index < -0.39 is 6.10 Å². The van der Waals surface area contributed by atoms with Gasteiger partial charge in [-0.15, -0.1) is 0 Å². The summed E-state index contributed by atoms with van der Waals surface area (Å²) in [4.78, 5) is 27.8. The second-order valence-corrected chi connectivity index (χ2v) is 9.50. The number of nitrogens with zero attached hydrogens (tertiary/aromatic N) is 3. The molecule has 37 heavy (non-hydrogen) atoms. The second kappa shape index (κ2) is 9.93. The van der Waals surface area contributed by atoms with Gasteiger partial charge < -0.3 is 15.0 Å². The number of hydrogen-bond acceptors (Lipinski definition) is 4. The molecule has 1 aliphatic rings. The van der Waals surface area contributed by atoms with E-state index in [9.17, 15) is 9.59 Å². The summed E-state index contributed by atoms with van der Waals surface area (Å²) in [5.74, 6) is 0.372. The lowest BCUT2D eigenvalue weighted by Gasteiger charge is -2.18. The second-order valence-electron chi connectivity index (χ2n) is 9.50. The molecule has 1 N–H and O–H groups in total. The molecule has 7 heteroatoms. The lowest BCUT2D eigenvalue weighted by atomic mass is 10.1. The number of nitrogens with one attached hydrogen (secondary N) is 1. The average molecular weight is 495 g/mol.